The molecule has 0 saturated heterocycles. The van der Waals surface area contributed by atoms with Gasteiger partial charge in [0.25, 0.3) is 0 Å². The molecule has 112 valence electrons. The van der Waals surface area contributed by atoms with E-state index >= 15 is 0 Å². The molecule has 0 bridgehead atoms. The molecule has 1 atom stereocenters. The van der Waals surface area contributed by atoms with Gasteiger partial charge in [-0.25, -0.2) is 13.2 Å². The van der Waals surface area contributed by atoms with Gasteiger partial charge in [0.15, 0.2) is 0 Å². The average molecular weight is 470 g/mol. The van der Waals surface area contributed by atoms with Gasteiger partial charge in [0, 0.05) is 9.13 Å². The molecule has 0 heterocycles. The van der Waals surface area contributed by atoms with E-state index in [-0.39, 0.29) is 15.9 Å². The molecule has 0 aliphatic rings. The van der Waals surface area contributed by atoms with Crippen LogP contribution < -0.4 is 5.32 Å². The minimum atomic E-state index is -0.681. The maximum absolute atomic E-state index is 14.3. The molecule has 2 rings (SSSR count). The molecule has 2 aromatic carbocycles. The first-order valence-electron chi connectivity index (χ1n) is 6.27. The predicted octanol–water partition coefficient (Wildman–Crippen LogP) is 5.17. The summed E-state index contributed by atoms with van der Waals surface area (Å²) in [5.41, 5.74) is 0.561. The van der Waals surface area contributed by atoms with Gasteiger partial charge in [0.2, 0.25) is 0 Å². The minimum Gasteiger partial charge on any atom is -0.306 e. The van der Waals surface area contributed by atoms with Gasteiger partial charge in [0.1, 0.15) is 17.5 Å². The second-order valence-electron chi connectivity index (χ2n) is 4.41. The zero-order valence-electron chi connectivity index (χ0n) is 11.1. The molecular weight excluding hydrogens is 458 g/mol. The molecule has 0 aliphatic carbocycles. The van der Waals surface area contributed by atoms with Crippen LogP contribution in [0.1, 0.15) is 24.1 Å². The third kappa shape index (κ3) is 3.60. The monoisotopic (exact) mass is 469 g/mol. The lowest BCUT2D eigenvalue weighted by molar-refractivity contribution is 0.506. The van der Waals surface area contributed by atoms with Crippen molar-refractivity contribution in [1.29, 1.82) is 0 Å². The SMILES string of the molecule is CCNC(c1ccc(F)cc1I)c1c(F)ccc(Br)c1F. The molecule has 1 nitrogen and oxygen atoms in total. The Bertz CT molecular complexity index is 664. The van der Waals surface area contributed by atoms with Gasteiger partial charge in [-0.05, 0) is 74.9 Å². The predicted molar refractivity (Wildman–Crippen MR) is 88.7 cm³/mol. The van der Waals surface area contributed by atoms with E-state index in [1.807, 2.05) is 29.5 Å². The summed E-state index contributed by atoms with van der Waals surface area (Å²) >= 11 is 5.03. The molecule has 1 N–H and O–H groups in total. The quantitative estimate of drug-likeness (QED) is 0.481. The van der Waals surface area contributed by atoms with Crippen molar-refractivity contribution in [3.05, 3.63) is 67.0 Å². The molecule has 21 heavy (non-hydrogen) atoms. The van der Waals surface area contributed by atoms with Gasteiger partial charge in [0.05, 0.1) is 10.5 Å². The standard InChI is InChI=1S/C15H12BrF3IN/c1-2-21-15(9-4-3-8(17)7-12(9)20)13-11(18)6-5-10(16)14(13)19/h3-7,15,21H,2H2,1H3. The Hall–Kier alpha value is -0.600. The Balaban J connectivity index is 2.61. The van der Waals surface area contributed by atoms with Crippen LogP contribution in [0.3, 0.4) is 0 Å². The third-order valence-corrected chi connectivity index (χ3v) is 4.60. The van der Waals surface area contributed by atoms with Gasteiger partial charge >= 0.3 is 0 Å². The number of hydrogen-bond acceptors (Lipinski definition) is 1. The van der Waals surface area contributed by atoms with Gasteiger partial charge < -0.3 is 5.32 Å². The van der Waals surface area contributed by atoms with Crippen LogP contribution >= 0.6 is 38.5 Å². The summed E-state index contributed by atoms with van der Waals surface area (Å²) in [4.78, 5) is 0. The Morgan fingerprint density at radius 2 is 1.90 bits per heavy atom. The van der Waals surface area contributed by atoms with Gasteiger partial charge in [-0.2, -0.15) is 0 Å². The van der Waals surface area contributed by atoms with E-state index in [9.17, 15) is 13.2 Å². The lowest BCUT2D eigenvalue weighted by Crippen LogP contribution is -2.25. The fourth-order valence-electron chi connectivity index (χ4n) is 2.11. The zero-order valence-corrected chi connectivity index (χ0v) is 14.8. The molecule has 0 aromatic heterocycles. The van der Waals surface area contributed by atoms with Crippen molar-refractivity contribution >= 4 is 38.5 Å². The van der Waals surface area contributed by atoms with Crippen molar-refractivity contribution in [3.63, 3.8) is 0 Å². The number of nitrogens with one attached hydrogen (secondary N) is 1. The lowest BCUT2D eigenvalue weighted by atomic mass is 9.97. The van der Waals surface area contributed by atoms with E-state index in [0.717, 1.165) is 0 Å². The first kappa shape index (κ1) is 16.8. The maximum atomic E-state index is 14.3. The van der Waals surface area contributed by atoms with Crippen molar-refractivity contribution in [3.8, 4) is 0 Å². The molecule has 0 spiro atoms. The molecule has 0 amide bonds. The topological polar surface area (TPSA) is 12.0 Å². The summed E-state index contributed by atoms with van der Waals surface area (Å²) in [6, 6.07) is 6.03. The summed E-state index contributed by atoms with van der Waals surface area (Å²) in [6.45, 7) is 2.36. The number of rotatable bonds is 4. The van der Waals surface area contributed by atoms with Crippen molar-refractivity contribution in [2.45, 2.75) is 13.0 Å². The van der Waals surface area contributed by atoms with E-state index in [1.54, 1.807) is 6.07 Å². The van der Waals surface area contributed by atoms with Crippen LogP contribution in [-0.2, 0) is 0 Å². The largest absolute Gasteiger partial charge is 0.306 e. The van der Waals surface area contributed by atoms with E-state index in [2.05, 4.69) is 21.2 Å². The van der Waals surface area contributed by atoms with Crippen LogP contribution in [0.4, 0.5) is 13.2 Å². The fraction of sp³-hybridized carbons (Fsp3) is 0.200. The molecule has 2 aromatic rings. The number of halogens is 5. The first-order chi connectivity index (χ1) is 9.95. The van der Waals surface area contributed by atoms with Crippen LogP contribution in [0.2, 0.25) is 0 Å². The molecule has 0 fully saturated rings. The van der Waals surface area contributed by atoms with Crippen LogP contribution in [0.15, 0.2) is 34.8 Å². The Morgan fingerprint density at radius 3 is 2.52 bits per heavy atom. The number of benzene rings is 2. The van der Waals surface area contributed by atoms with E-state index < -0.39 is 17.7 Å². The molecule has 0 saturated carbocycles. The van der Waals surface area contributed by atoms with E-state index in [4.69, 9.17) is 0 Å². The molecular formula is C15H12BrF3IN. The lowest BCUT2D eigenvalue weighted by Gasteiger charge is -2.22. The smallest absolute Gasteiger partial charge is 0.145 e. The van der Waals surface area contributed by atoms with E-state index in [0.29, 0.717) is 15.7 Å². The second kappa shape index (κ2) is 7.11. The Labute approximate surface area is 143 Å². The van der Waals surface area contributed by atoms with Crippen molar-refractivity contribution < 1.29 is 13.2 Å². The highest BCUT2D eigenvalue weighted by Gasteiger charge is 2.24. The van der Waals surface area contributed by atoms with Gasteiger partial charge in [-0.1, -0.05) is 13.0 Å². The third-order valence-electron chi connectivity index (χ3n) is 3.05. The summed E-state index contributed by atoms with van der Waals surface area (Å²) in [5, 5.41) is 3.06. The van der Waals surface area contributed by atoms with Gasteiger partial charge in [-0.15, -0.1) is 0 Å². The summed E-state index contributed by atoms with van der Waals surface area (Å²) in [5.74, 6) is -1.67. The van der Waals surface area contributed by atoms with Gasteiger partial charge in [-0.3, -0.25) is 0 Å². The molecule has 6 heteroatoms. The highest BCUT2D eigenvalue weighted by atomic mass is 127. The van der Waals surface area contributed by atoms with E-state index in [1.165, 1.54) is 24.3 Å². The molecule has 0 aliphatic heterocycles. The Kier molecular flexibility index (Phi) is 5.67. The maximum Gasteiger partial charge on any atom is 0.145 e. The fourth-order valence-corrected chi connectivity index (χ4v) is 3.25. The highest BCUT2D eigenvalue weighted by Crippen LogP contribution is 2.33. The van der Waals surface area contributed by atoms with Crippen LogP contribution in [0.5, 0.6) is 0 Å². The zero-order chi connectivity index (χ0) is 15.6. The highest BCUT2D eigenvalue weighted by molar-refractivity contribution is 14.1. The number of hydrogen-bond donors (Lipinski definition) is 1. The van der Waals surface area contributed by atoms with Crippen LogP contribution in [0.25, 0.3) is 0 Å². The summed E-state index contributed by atoms with van der Waals surface area (Å²) < 4.78 is 42.5. The Morgan fingerprint density at radius 1 is 1.19 bits per heavy atom. The molecule has 1 unspecified atom stereocenters. The van der Waals surface area contributed by atoms with Crippen molar-refractivity contribution in [1.82, 2.24) is 5.32 Å². The average Bonchev–Trinajstić information content (AvgIpc) is 2.43. The van der Waals surface area contributed by atoms with Crippen molar-refractivity contribution in [2.24, 2.45) is 0 Å². The molecule has 0 radical (unpaired) electrons. The summed E-state index contributed by atoms with van der Waals surface area (Å²) in [7, 11) is 0. The normalized spacial score (nSPS) is 12.5. The minimum absolute atomic E-state index is 0.0734. The first-order valence-corrected chi connectivity index (χ1v) is 8.14. The van der Waals surface area contributed by atoms with Crippen molar-refractivity contribution in [2.75, 3.05) is 6.54 Å². The van der Waals surface area contributed by atoms with Crippen LogP contribution in [-0.4, -0.2) is 6.54 Å². The van der Waals surface area contributed by atoms with Crippen LogP contribution in [0, 0.1) is 21.0 Å². The second-order valence-corrected chi connectivity index (χ2v) is 6.43. The summed E-state index contributed by atoms with van der Waals surface area (Å²) in [6.07, 6.45) is 0.